The highest BCUT2D eigenvalue weighted by Gasteiger charge is 2.24. The summed E-state index contributed by atoms with van der Waals surface area (Å²) in [6, 6.07) is 13.1. The molecule has 0 saturated heterocycles. The third kappa shape index (κ3) is 6.28. The monoisotopic (exact) mass is 420 g/mol. The van der Waals surface area contributed by atoms with Crippen LogP contribution in [0.15, 0.2) is 53.4 Å². The molecular weight excluding hydrogens is 392 g/mol. The summed E-state index contributed by atoms with van der Waals surface area (Å²) in [4.78, 5) is 12.4. The quantitative estimate of drug-likeness (QED) is 0.648. The first-order chi connectivity index (χ1) is 13.6. The average molecular weight is 421 g/mol. The summed E-state index contributed by atoms with van der Waals surface area (Å²) in [5.41, 5.74) is 1.25. The van der Waals surface area contributed by atoms with Crippen molar-refractivity contribution in [1.82, 2.24) is 9.62 Å². The summed E-state index contributed by atoms with van der Waals surface area (Å²) in [5, 5.41) is 12.7. The number of ether oxygens (including phenoxy) is 1. The van der Waals surface area contributed by atoms with Gasteiger partial charge in [0.25, 0.3) is 5.91 Å². The maximum atomic E-state index is 12.6. The Morgan fingerprint density at radius 1 is 1.17 bits per heavy atom. The van der Waals surface area contributed by atoms with Crippen molar-refractivity contribution in [3.05, 3.63) is 59.7 Å². The number of carbonyl (C=O) groups excluding carboxylic acids is 1. The minimum Gasteiger partial charge on any atom is -0.491 e. The summed E-state index contributed by atoms with van der Waals surface area (Å²) in [6.07, 6.45) is -0.904. The van der Waals surface area contributed by atoms with Crippen LogP contribution in [0.1, 0.15) is 29.8 Å². The van der Waals surface area contributed by atoms with Crippen molar-refractivity contribution in [3.8, 4) is 5.75 Å². The first kappa shape index (κ1) is 22.9. The third-order valence-electron chi connectivity index (χ3n) is 4.43. The number of aliphatic hydroxyl groups excluding tert-OH is 1. The predicted octanol–water partition coefficient (Wildman–Crippen LogP) is 2.19. The molecular formula is C21H28N2O5S. The molecule has 2 aromatic carbocycles. The van der Waals surface area contributed by atoms with Crippen molar-refractivity contribution in [2.45, 2.75) is 37.8 Å². The molecule has 0 aromatic heterocycles. The molecule has 1 atom stereocenters. The molecule has 0 aliphatic carbocycles. The van der Waals surface area contributed by atoms with Gasteiger partial charge in [0.05, 0.1) is 4.90 Å². The molecule has 2 rings (SSSR count). The number of rotatable bonds is 9. The van der Waals surface area contributed by atoms with Crippen molar-refractivity contribution in [3.63, 3.8) is 0 Å². The summed E-state index contributed by atoms with van der Waals surface area (Å²) >= 11 is 0. The number of carbonyl (C=O) groups is 1. The third-order valence-corrected chi connectivity index (χ3v) is 6.46. The van der Waals surface area contributed by atoms with Crippen molar-refractivity contribution >= 4 is 15.9 Å². The van der Waals surface area contributed by atoms with E-state index >= 15 is 0 Å². The minimum absolute atomic E-state index is 0.0203. The highest BCUT2D eigenvalue weighted by molar-refractivity contribution is 7.89. The number of hydrogen-bond donors (Lipinski definition) is 2. The molecule has 7 nitrogen and oxygen atoms in total. The zero-order valence-electron chi connectivity index (χ0n) is 17.1. The number of sulfonamides is 1. The van der Waals surface area contributed by atoms with Crippen LogP contribution < -0.4 is 10.1 Å². The molecule has 0 bridgehead atoms. The lowest BCUT2D eigenvalue weighted by molar-refractivity contribution is 0.0843. The Hall–Kier alpha value is -2.42. The number of nitrogens with one attached hydrogen (secondary N) is 1. The van der Waals surface area contributed by atoms with Crippen LogP contribution in [0.2, 0.25) is 0 Å². The number of nitrogens with zero attached hydrogens (tertiary/aromatic N) is 1. The highest BCUT2D eigenvalue weighted by atomic mass is 32.2. The molecule has 8 heteroatoms. The van der Waals surface area contributed by atoms with Crippen LogP contribution in [-0.4, -0.2) is 56.1 Å². The standard InChI is InChI=1S/C21H28N2O5S/c1-15(2)23(4)29(26,27)20-10-6-8-17(12-20)21(25)22-13-18(24)14-28-19-9-5-7-16(3)11-19/h5-12,15,18,24H,13-14H2,1-4H3,(H,22,25). The Bertz CT molecular complexity index is 944. The average Bonchev–Trinajstić information content (AvgIpc) is 2.69. The van der Waals surface area contributed by atoms with Gasteiger partial charge in [0.15, 0.2) is 0 Å². The maximum Gasteiger partial charge on any atom is 0.251 e. The van der Waals surface area contributed by atoms with Crippen molar-refractivity contribution in [2.24, 2.45) is 0 Å². The van der Waals surface area contributed by atoms with E-state index in [1.807, 2.05) is 25.1 Å². The predicted molar refractivity (Wildman–Crippen MR) is 112 cm³/mol. The van der Waals surface area contributed by atoms with Crippen LogP contribution in [0.25, 0.3) is 0 Å². The summed E-state index contributed by atoms with van der Waals surface area (Å²) < 4.78 is 32.0. The van der Waals surface area contributed by atoms with E-state index in [2.05, 4.69) is 5.32 Å². The molecule has 2 aromatic rings. The fourth-order valence-corrected chi connectivity index (χ4v) is 3.92. The molecule has 0 radical (unpaired) electrons. The Labute approximate surface area is 172 Å². The van der Waals surface area contributed by atoms with Crippen LogP contribution in [0.5, 0.6) is 5.75 Å². The van der Waals surface area contributed by atoms with Gasteiger partial charge in [0.2, 0.25) is 10.0 Å². The second kappa shape index (κ2) is 9.87. The van der Waals surface area contributed by atoms with E-state index in [0.717, 1.165) is 5.56 Å². The molecule has 1 unspecified atom stereocenters. The largest absolute Gasteiger partial charge is 0.491 e. The molecule has 0 saturated carbocycles. The number of amides is 1. The van der Waals surface area contributed by atoms with Crippen molar-refractivity contribution < 1.29 is 23.1 Å². The minimum atomic E-state index is -3.68. The molecule has 0 aliphatic rings. The van der Waals surface area contributed by atoms with Gasteiger partial charge in [0.1, 0.15) is 18.5 Å². The lowest BCUT2D eigenvalue weighted by Gasteiger charge is -2.21. The van der Waals surface area contributed by atoms with E-state index in [4.69, 9.17) is 4.74 Å². The van der Waals surface area contributed by atoms with Crippen LogP contribution >= 0.6 is 0 Å². The van der Waals surface area contributed by atoms with Crippen LogP contribution in [0.4, 0.5) is 0 Å². The van der Waals surface area contributed by atoms with Gasteiger partial charge in [-0.15, -0.1) is 0 Å². The smallest absolute Gasteiger partial charge is 0.251 e. The first-order valence-electron chi connectivity index (χ1n) is 9.35. The van der Waals surface area contributed by atoms with E-state index in [0.29, 0.717) is 5.75 Å². The Kier molecular flexibility index (Phi) is 7.78. The molecule has 0 heterocycles. The Balaban J connectivity index is 1.95. The summed E-state index contributed by atoms with van der Waals surface area (Å²) in [5.74, 6) is 0.173. The lowest BCUT2D eigenvalue weighted by atomic mass is 10.2. The number of aliphatic hydroxyl groups is 1. The van der Waals surface area contributed by atoms with E-state index in [1.54, 1.807) is 19.9 Å². The SMILES string of the molecule is Cc1cccc(OCC(O)CNC(=O)c2cccc(S(=O)(=O)N(C)C(C)C)c2)c1. The molecule has 0 fully saturated rings. The van der Waals surface area contributed by atoms with Gasteiger partial charge in [-0.05, 0) is 56.7 Å². The first-order valence-corrected chi connectivity index (χ1v) is 10.8. The van der Waals surface area contributed by atoms with E-state index < -0.39 is 22.0 Å². The Morgan fingerprint density at radius 3 is 2.52 bits per heavy atom. The zero-order valence-corrected chi connectivity index (χ0v) is 17.9. The van der Waals surface area contributed by atoms with Gasteiger partial charge in [-0.1, -0.05) is 18.2 Å². The van der Waals surface area contributed by atoms with Gasteiger partial charge in [-0.25, -0.2) is 8.42 Å². The summed E-state index contributed by atoms with van der Waals surface area (Å²) in [7, 11) is -2.19. The van der Waals surface area contributed by atoms with Gasteiger partial charge < -0.3 is 15.2 Å². The lowest BCUT2D eigenvalue weighted by Crippen LogP contribution is -2.35. The number of benzene rings is 2. The normalized spacial score (nSPS) is 12.8. The molecule has 0 spiro atoms. The van der Waals surface area contributed by atoms with E-state index in [9.17, 15) is 18.3 Å². The van der Waals surface area contributed by atoms with Crippen LogP contribution in [0, 0.1) is 6.92 Å². The van der Waals surface area contributed by atoms with Crippen molar-refractivity contribution in [1.29, 1.82) is 0 Å². The fraction of sp³-hybridized carbons (Fsp3) is 0.381. The topological polar surface area (TPSA) is 95.9 Å². The number of hydrogen-bond acceptors (Lipinski definition) is 5. The van der Waals surface area contributed by atoms with E-state index in [-0.39, 0.29) is 29.7 Å². The molecule has 0 aliphatic heterocycles. The van der Waals surface area contributed by atoms with Gasteiger partial charge in [-0.3, -0.25) is 4.79 Å². The Morgan fingerprint density at radius 2 is 1.86 bits per heavy atom. The molecule has 2 N–H and O–H groups in total. The zero-order chi connectivity index (χ0) is 21.6. The second-order valence-electron chi connectivity index (χ2n) is 7.13. The van der Waals surface area contributed by atoms with Crippen LogP contribution in [-0.2, 0) is 10.0 Å². The van der Waals surface area contributed by atoms with E-state index in [1.165, 1.54) is 35.6 Å². The van der Waals surface area contributed by atoms with Crippen molar-refractivity contribution in [2.75, 3.05) is 20.2 Å². The van der Waals surface area contributed by atoms with Gasteiger partial charge in [0, 0.05) is 25.2 Å². The summed E-state index contributed by atoms with van der Waals surface area (Å²) in [6.45, 7) is 5.49. The molecule has 29 heavy (non-hydrogen) atoms. The van der Waals surface area contributed by atoms with Crippen LogP contribution in [0.3, 0.4) is 0 Å². The molecule has 1 amide bonds. The number of aryl methyl sites for hydroxylation is 1. The second-order valence-corrected chi connectivity index (χ2v) is 9.13. The van der Waals surface area contributed by atoms with Gasteiger partial charge in [-0.2, -0.15) is 4.31 Å². The highest BCUT2D eigenvalue weighted by Crippen LogP contribution is 2.18. The fourth-order valence-electron chi connectivity index (χ4n) is 2.51. The van der Waals surface area contributed by atoms with Gasteiger partial charge >= 0.3 is 0 Å². The maximum absolute atomic E-state index is 12.6. The molecule has 158 valence electrons.